The van der Waals surface area contributed by atoms with Crippen molar-refractivity contribution in [1.29, 1.82) is 0 Å². The molecule has 1 aliphatic rings. The molecule has 19 heavy (non-hydrogen) atoms. The Balaban J connectivity index is 2.26. The van der Waals surface area contributed by atoms with E-state index in [9.17, 15) is 0 Å². The van der Waals surface area contributed by atoms with Crippen LogP contribution in [0.1, 0.15) is 12.8 Å². The van der Waals surface area contributed by atoms with E-state index in [0.29, 0.717) is 19.6 Å². The Bertz CT molecular complexity index is 720. The van der Waals surface area contributed by atoms with Crippen LogP contribution in [0.5, 0.6) is 0 Å². The van der Waals surface area contributed by atoms with Crippen LogP contribution in [0.3, 0.4) is 0 Å². The van der Waals surface area contributed by atoms with E-state index in [0.717, 1.165) is 31.6 Å². The topological polar surface area (TPSA) is 14.8 Å². The van der Waals surface area contributed by atoms with E-state index in [1.54, 1.807) is 12.1 Å². The molecule has 0 saturated carbocycles. The van der Waals surface area contributed by atoms with Gasteiger partial charge in [-0.3, -0.25) is 13.9 Å². The van der Waals surface area contributed by atoms with Crippen LogP contribution in [0.4, 0.5) is 0 Å². The molecule has 7 heteroatoms. The largest absolute Gasteiger partial charge is 0.261 e. The van der Waals surface area contributed by atoms with E-state index in [1.165, 1.54) is 0 Å². The fourth-order valence-electron chi connectivity index (χ4n) is 2.32. The first-order valence-corrected chi connectivity index (χ1v) is 7.55. The summed E-state index contributed by atoms with van der Waals surface area (Å²) in [7, 11) is 0. The van der Waals surface area contributed by atoms with Crippen molar-refractivity contribution in [3.8, 4) is 5.69 Å². The molecule has 0 aliphatic carbocycles. The van der Waals surface area contributed by atoms with Gasteiger partial charge in [0.05, 0.1) is 15.7 Å². The second-order valence-electron chi connectivity index (χ2n) is 4.45. The van der Waals surface area contributed by atoms with E-state index in [1.807, 2.05) is 10.6 Å². The molecular formula is C12H11Cl2N3S2. The van der Waals surface area contributed by atoms with Gasteiger partial charge in [0, 0.05) is 13.1 Å². The monoisotopic (exact) mass is 331 g/mol. The summed E-state index contributed by atoms with van der Waals surface area (Å²) in [5.74, 6) is 0. The van der Waals surface area contributed by atoms with Gasteiger partial charge in [-0.1, -0.05) is 23.2 Å². The van der Waals surface area contributed by atoms with Gasteiger partial charge in [-0.05, 0) is 55.5 Å². The third-order valence-corrected chi connectivity index (χ3v) is 4.79. The number of nitrogens with zero attached hydrogens (tertiary/aromatic N) is 3. The first-order valence-electron chi connectivity index (χ1n) is 5.97. The van der Waals surface area contributed by atoms with Crippen LogP contribution in [0.25, 0.3) is 5.69 Å². The first kappa shape index (κ1) is 13.4. The average Bonchev–Trinajstić information content (AvgIpc) is 2.66. The quantitative estimate of drug-likeness (QED) is 0.707. The second-order valence-corrected chi connectivity index (χ2v) is 6.00. The molecule has 0 amide bonds. The lowest BCUT2D eigenvalue weighted by Crippen LogP contribution is -2.18. The van der Waals surface area contributed by atoms with Gasteiger partial charge in [0.1, 0.15) is 0 Å². The van der Waals surface area contributed by atoms with Gasteiger partial charge in [-0.2, -0.15) is 0 Å². The molecule has 0 fully saturated rings. The zero-order valence-corrected chi connectivity index (χ0v) is 13.1. The number of hydrogen-bond donors (Lipinski definition) is 0. The maximum atomic E-state index is 6.07. The summed E-state index contributed by atoms with van der Waals surface area (Å²) in [6.07, 6.45) is 2.27. The van der Waals surface area contributed by atoms with Crippen LogP contribution >= 0.6 is 47.6 Å². The van der Waals surface area contributed by atoms with E-state index in [4.69, 9.17) is 47.6 Å². The van der Waals surface area contributed by atoms with Crippen molar-refractivity contribution in [1.82, 2.24) is 13.9 Å². The maximum Gasteiger partial charge on any atom is 0.201 e. The fourth-order valence-corrected chi connectivity index (χ4v) is 3.43. The van der Waals surface area contributed by atoms with Crippen molar-refractivity contribution in [2.75, 3.05) is 0 Å². The van der Waals surface area contributed by atoms with Crippen molar-refractivity contribution in [3.05, 3.63) is 37.8 Å². The lowest BCUT2D eigenvalue weighted by atomic mass is 10.3. The Hall–Kier alpha value is -0.620. The van der Waals surface area contributed by atoms with Gasteiger partial charge < -0.3 is 0 Å². The minimum atomic E-state index is 0.504. The number of benzene rings is 1. The van der Waals surface area contributed by atoms with Crippen LogP contribution < -0.4 is 0 Å². The third kappa shape index (κ3) is 2.18. The third-order valence-electron chi connectivity index (χ3n) is 3.27. The van der Waals surface area contributed by atoms with Crippen molar-refractivity contribution < 1.29 is 0 Å². The molecule has 2 aromatic rings. The number of hydrogen-bond acceptors (Lipinski definition) is 2. The molecule has 1 aromatic carbocycles. The average molecular weight is 332 g/mol. The minimum Gasteiger partial charge on any atom is -0.261 e. The molecule has 0 radical (unpaired) electrons. The highest BCUT2D eigenvalue weighted by Crippen LogP contribution is 2.25. The minimum absolute atomic E-state index is 0.504. The number of rotatable bonds is 1. The summed E-state index contributed by atoms with van der Waals surface area (Å²) in [6.45, 7) is 1.83. The summed E-state index contributed by atoms with van der Waals surface area (Å²) in [5, 5.41) is 1.03. The molecule has 0 bridgehead atoms. The summed E-state index contributed by atoms with van der Waals surface area (Å²) in [5.41, 5.74) is 0.860. The highest BCUT2D eigenvalue weighted by atomic mass is 35.5. The molecule has 2 heterocycles. The van der Waals surface area contributed by atoms with Gasteiger partial charge in [-0.25, -0.2) is 0 Å². The summed E-state index contributed by atoms with van der Waals surface area (Å²) in [4.78, 5) is 0. The second kappa shape index (κ2) is 5.05. The highest BCUT2D eigenvalue weighted by Gasteiger charge is 2.15. The molecule has 3 nitrogen and oxygen atoms in total. The number of aromatic nitrogens is 3. The predicted octanol–water partition coefficient (Wildman–Crippen LogP) is 4.64. The maximum absolute atomic E-state index is 6.07. The normalized spacial score (nSPS) is 14.4. The summed E-state index contributed by atoms with van der Waals surface area (Å²) < 4.78 is 7.41. The van der Waals surface area contributed by atoms with Gasteiger partial charge in [-0.15, -0.1) is 0 Å². The lowest BCUT2D eigenvalue weighted by Gasteiger charge is -2.15. The SMILES string of the molecule is S=c1n(-c2ccc(Cl)c(Cl)c2)c(=S)n2n1CCCC2. The van der Waals surface area contributed by atoms with Crippen LogP contribution in [0, 0.1) is 9.54 Å². The molecule has 0 saturated heterocycles. The van der Waals surface area contributed by atoms with Crippen LogP contribution in [0.15, 0.2) is 18.2 Å². The lowest BCUT2D eigenvalue weighted by molar-refractivity contribution is 0.357. The van der Waals surface area contributed by atoms with E-state index in [-0.39, 0.29) is 0 Å². The predicted molar refractivity (Wildman–Crippen MR) is 82.7 cm³/mol. The molecular weight excluding hydrogens is 321 g/mol. The Morgan fingerprint density at radius 2 is 1.47 bits per heavy atom. The van der Waals surface area contributed by atoms with Gasteiger partial charge >= 0.3 is 0 Å². The molecule has 1 aliphatic heterocycles. The molecule has 3 rings (SSSR count). The van der Waals surface area contributed by atoms with Crippen molar-refractivity contribution in [3.63, 3.8) is 0 Å². The molecule has 0 spiro atoms. The van der Waals surface area contributed by atoms with Gasteiger partial charge in [0.15, 0.2) is 0 Å². The Morgan fingerprint density at radius 1 is 0.895 bits per heavy atom. The number of fused-ring (bicyclic) bond motifs is 1. The standard InChI is InChI=1S/C12H11Cl2N3S2/c13-9-4-3-8(7-10(9)14)17-11(18)15-5-1-2-6-16(15)12(17)19/h3-4,7H,1-2,5-6H2. The summed E-state index contributed by atoms with van der Waals surface area (Å²) >= 11 is 23.1. The molecule has 0 N–H and O–H groups in total. The van der Waals surface area contributed by atoms with Crippen LogP contribution in [0.2, 0.25) is 10.0 Å². The number of halogens is 2. The zero-order valence-electron chi connectivity index (χ0n) is 9.97. The van der Waals surface area contributed by atoms with Gasteiger partial charge in [0.25, 0.3) is 0 Å². The zero-order chi connectivity index (χ0) is 13.6. The van der Waals surface area contributed by atoms with Crippen LogP contribution in [-0.4, -0.2) is 13.9 Å². The van der Waals surface area contributed by atoms with E-state index < -0.39 is 0 Å². The Morgan fingerprint density at radius 3 is 2.00 bits per heavy atom. The van der Waals surface area contributed by atoms with E-state index in [2.05, 4.69) is 9.36 Å². The first-order chi connectivity index (χ1) is 9.09. The molecule has 0 unspecified atom stereocenters. The van der Waals surface area contributed by atoms with Gasteiger partial charge in [0.2, 0.25) is 9.54 Å². The highest BCUT2D eigenvalue weighted by molar-refractivity contribution is 7.72. The molecule has 1 aromatic heterocycles. The van der Waals surface area contributed by atoms with E-state index >= 15 is 0 Å². The van der Waals surface area contributed by atoms with Crippen molar-refractivity contribution in [2.24, 2.45) is 0 Å². The molecule has 0 atom stereocenters. The van der Waals surface area contributed by atoms with Crippen LogP contribution in [-0.2, 0) is 13.1 Å². The fraction of sp³-hybridized carbons (Fsp3) is 0.333. The smallest absolute Gasteiger partial charge is 0.201 e. The molecule has 100 valence electrons. The summed E-state index contributed by atoms with van der Waals surface area (Å²) in [6, 6.07) is 5.44. The Labute approximate surface area is 131 Å². The Kier molecular flexibility index (Phi) is 3.55. The van der Waals surface area contributed by atoms with Crippen molar-refractivity contribution >= 4 is 47.6 Å². The van der Waals surface area contributed by atoms with Crippen molar-refractivity contribution in [2.45, 2.75) is 25.9 Å².